The fraction of sp³-hybridized carbons (Fsp3) is 0.889. The molecule has 1 saturated carbocycles. The van der Waals surface area contributed by atoms with Crippen LogP contribution in [0.25, 0.3) is 0 Å². The van der Waals surface area contributed by atoms with E-state index >= 15 is 0 Å². The van der Waals surface area contributed by atoms with Gasteiger partial charge in [-0.1, -0.05) is 6.42 Å². The summed E-state index contributed by atoms with van der Waals surface area (Å²) in [5.74, 6) is -1.76. The van der Waals surface area contributed by atoms with Gasteiger partial charge in [-0.3, -0.25) is 0 Å². The van der Waals surface area contributed by atoms with Gasteiger partial charge in [0.2, 0.25) is 0 Å². The van der Waals surface area contributed by atoms with Gasteiger partial charge in [0, 0.05) is 12.8 Å². The second-order valence-electron chi connectivity index (χ2n) is 3.71. The first-order valence-electron chi connectivity index (χ1n) is 4.74. The van der Waals surface area contributed by atoms with Gasteiger partial charge in [0.15, 0.2) is 5.79 Å². The number of carboxylic acid groups (broad SMARTS) is 1. The first kappa shape index (κ1) is 12.5. The molecule has 1 saturated heterocycles. The molecule has 0 aromatic rings. The van der Waals surface area contributed by atoms with Gasteiger partial charge in [-0.25, -0.2) is 0 Å². The SMILES string of the molecule is O=C([O-])C1COC2(CCCCC2)O1.[Na+]. The van der Waals surface area contributed by atoms with Gasteiger partial charge in [-0.2, -0.15) is 0 Å². The predicted molar refractivity (Wildman–Crippen MR) is 41.6 cm³/mol. The van der Waals surface area contributed by atoms with E-state index in [0.717, 1.165) is 25.7 Å². The number of hydrogen-bond donors (Lipinski definition) is 0. The molecule has 1 aliphatic heterocycles. The van der Waals surface area contributed by atoms with Crippen LogP contribution in [0.5, 0.6) is 0 Å². The van der Waals surface area contributed by atoms with Crippen molar-refractivity contribution in [3.63, 3.8) is 0 Å². The molecule has 1 heterocycles. The molecule has 2 aliphatic rings. The van der Waals surface area contributed by atoms with Gasteiger partial charge in [-0.15, -0.1) is 0 Å². The molecule has 5 heteroatoms. The van der Waals surface area contributed by atoms with Crippen molar-refractivity contribution in [2.75, 3.05) is 6.61 Å². The molecule has 0 N–H and O–H groups in total. The van der Waals surface area contributed by atoms with Gasteiger partial charge in [-0.05, 0) is 12.8 Å². The fourth-order valence-corrected chi connectivity index (χ4v) is 2.02. The molecular weight excluding hydrogens is 195 g/mol. The minimum absolute atomic E-state index is 0. The van der Waals surface area contributed by atoms with E-state index in [9.17, 15) is 9.90 Å². The fourth-order valence-electron chi connectivity index (χ4n) is 2.02. The maximum atomic E-state index is 10.5. The van der Waals surface area contributed by atoms with Crippen LogP contribution < -0.4 is 34.7 Å². The van der Waals surface area contributed by atoms with Crippen molar-refractivity contribution in [1.29, 1.82) is 0 Å². The normalized spacial score (nSPS) is 29.9. The van der Waals surface area contributed by atoms with Crippen molar-refractivity contribution in [3.05, 3.63) is 0 Å². The van der Waals surface area contributed by atoms with E-state index in [1.165, 1.54) is 6.42 Å². The molecule has 0 bridgehead atoms. The topological polar surface area (TPSA) is 58.6 Å². The van der Waals surface area contributed by atoms with Crippen LogP contribution in [-0.4, -0.2) is 24.5 Å². The Bertz CT molecular complexity index is 213. The molecule has 74 valence electrons. The van der Waals surface area contributed by atoms with Gasteiger partial charge >= 0.3 is 29.6 Å². The van der Waals surface area contributed by atoms with E-state index in [2.05, 4.69) is 0 Å². The Morgan fingerprint density at radius 2 is 1.93 bits per heavy atom. The second-order valence-corrected chi connectivity index (χ2v) is 3.71. The molecule has 2 rings (SSSR count). The third-order valence-corrected chi connectivity index (χ3v) is 2.73. The third kappa shape index (κ3) is 2.49. The molecular formula is C9H13NaO4. The van der Waals surface area contributed by atoms with Gasteiger partial charge in [0.1, 0.15) is 6.10 Å². The molecule has 0 amide bonds. The van der Waals surface area contributed by atoms with Crippen LogP contribution in [0.15, 0.2) is 0 Å². The average Bonchev–Trinajstić information content (AvgIpc) is 2.51. The zero-order valence-electron chi connectivity index (χ0n) is 8.45. The summed E-state index contributed by atoms with van der Waals surface area (Å²) < 4.78 is 10.8. The summed E-state index contributed by atoms with van der Waals surface area (Å²) in [5, 5.41) is 10.5. The van der Waals surface area contributed by atoms with Crippen molar-refractivity contribution in [1.82, 2.24) is 0 Å². The van der Waals surface area contributed by atoms with Gasteiger partial charge in [0.25, 0.3) is 0 Å². The Labute approximate surface area is 105 Å². The molecule has 4 nitrogen and oxygen atoms in total. The maximum absolute atomic E-state index is 10.5. The molecule has 1 unspecified atom stereocenters. The van der Waals surface area contributed by atoms with E-state index in [1.54, 1.807) is 0 Å². The third-order valence-electron chi connectivity index (χ3n) is 2.73. The monoisotopic (exact) mass is 208 g/mol. The number of hydrogen-bond acceptors (Lipinski definition) is 4. The van der Waals surface area contributed by atoms with E-state index < -0.39 is 17.9 Å². The Balaban J connectivity index is 0.000000980. The van der Waals surface area contributed by atoms with Crippen molar-refractivity contribution >= 4 is 5.97 Å². The van der Waals surface area contributed by atoms with Crippen molar-refractivity contribution in [2.45, 2.75) is 44.0 Å². The van der Waals surface area contributed by atoms with Crippen molar-refractivity contribution in [2.24, 2.45) is 0 Å². The first-order chi connectivity index (χ1) is 6.22. The molecule has 1 aliphatic carbocycles. The smallest absolute Gasteiger partial charge is 0.547 e. The summed E-state index contributed by atoms with van der Waals surface area (Å²) in [7, 11) is 0. The van der Waals surface area contributed by atoms with Crippen LogP contribution in [0.4, 0.5) is 0 Å². The van der Waals surface area contributed by atoms with Crippen LogP contribution in [-0.2, 0) is 14.3 Å². The van der Waals surface area contributed by atoms with Crippen LogP contribution in [0, 0.1) is 0 Å². The summed E-state index contributed by atoms with van der Waals surface area (Å²) in [6.07, 6.45) is 4.07. The molecule has 0 radical (unpaired) electrons. The summed E-state index contributed by atoms with van der Waals surface area (Å²) in [6, 6.07) is 0. The predicted octanol–water partition coefficient (Wildman–Crippen LogP) is -3.18. The number of rotatable bonds is 1. The van der Waals surface area contributed by atoms with Crippen molar-refractivity contribution in [3.8, 4) is 0 Å². The Kier molecular flexibility index (Phi) is 4.40. The van der Waals surface area contributed by atoms with E-state index in [4.69, 9.17) is 9.47 Å². The number of ether oxygens (including phenoxy) is 2. The molecule has 1 atom stereocenters. The van der Waals surface area contributed by atoms with Crippen LogP contribution in [0.3, 0.4) is 0 Å². The minimum Gasteiger partial charge on any atom is -0.547 e. The van der Waals surface area contributed by atoms with E-state index in [-0.39, 0.29) is 36.2 Å². The Morgan fingerprint density at radius 1 is 1.29 bits per heavy atom. The van der Waals surface area contributed by atoms with Crippen LogP contribution >= 0.6 is 0 Å². The Hall–Kier alpha value is 0.390. The summed E-state index contributed by atoms with van der Waals surface area (Å²) >= 11 is 0. The summed E-state index contributed by atoms with van der Waals surface area (Å²) in [4.78, 5) is 10.5. The molecule has 0 aromatic carbocycles. The minimum atomic E-state index is -1.16. The molecule has 0 aromatic heterocycles. The molecule has 1 spiro atoms. The average molecular weight is 208 g/mol. The largest absolute Gasteiger partial charge is 1.00 e. The maximum Gasteiger partial charge on any atom is 1.00 e. The first-order valence-corrected chi connectivity index (χ1v) is 4.74. The van der Waals surface area contributed by atoms with E-state index in [0.29, 0.717) is 0 Å². The van der Waals surface area contributed by atoms with Crippen LogP contribution in [0.1, 0.15) is 32.1 Å². The van der Waals surface area contributed by atoms with E-state index in [1.807, 2.05) is 0 Å². The molecule has 14 heavy (non-hydrogen) atoms. The summed E-state index contributed by atoms with van der Waals surface area (Å²) in [6.45, 7) is 0.141. The number of carboxylic acids is 1. The quantitative estimate of drug-likeness (QED) is 0.426. The zero-order chi connectivity index (χ0) is 9.31. The second kappa shape index (κ2) is 4.94. The van der Waals surface area contributed by atoms with Gasteiger partial charge in [0.05, 0.1) is 12.6 Å². The number of aliphatic carboxylic acids is 1. The number of carbonyl (C=O) groups is 1. The number of carbonyl (C=O) groups excluding carboxylic acids is 1. The van der Waals surface area contributed by atoms with Crippen molar-refractivity contribution < 1.29 is 48.9 Å². The summed E-state index contributed by atoms with van der Waals surface area (Å²) in [5.41, 5.74) is 0. The van der Waals surface area contributed by atoms with Crippen LogP contribution in [0.2, 0.25) is 0 Å². The standard InChI is InChI=1S/C9H14O4.Na/c10-8(11)7-6-12-9(13-7)4-2-1-3-5-9;/h7H,1-6H2,(H,10,11);/q;+1/p-1. The Morgan fingerprint density at radius 3 is 2.43 bits per heavy atom. The zero-order valence-corrected chi connectivity index (χ0v) is 10.5. The van der Waals surface area contributed by atoms with Gasteiger partial charge < -0.3 is 19.4 Å². The molecule has 2 fully saturated rings.